The minimum absolute atomic E-state index is 0.252. The summed E-state index contributed by atoms with van der Waals surface area (Å²) in [4.78, 5) is 29.1. The number of carbonyl (C=O) groups excluding carboxylic acids is 2. The first-order valence-electron chi connectivity index (χ1n) is 11.8. The van der Waals surface area contributed by atoms with Crippen molar-refractivity contribution in [3.05, 3.63) is 88.4 Å². The number of carbonyl (C=O) groups is 2. The van der Waals surface area contributed by atoms with Gasteiger partial charge in [0.2, 0.25) is 0 Å². The molecule has 1 aliphatic rings. The average Bonchev–Trinajstić information content (AvgIpc) is 3.24. The zero-order chi connectivity index (χ0) is 24.4. The Morgan fingerprint density at radius 1 is 0.941 bits per heavy atom. The van der Waals surface area contributed by atoms with Crippen LogP contribution in [0.15, 0.2) is 60.3 Å². The van der Waals surface area contributed by atoms with Gasteiger partial charge in [-0.15, -0.1) is 0 Å². The molecule has 1 saturated heterocycles. The van der Waals surface area contributed by atoms with Crippen LogP contribution in [0, 0.1) is 20.8 Å². The second kappa shape index (κ2) is 9.59. The molecule has 1 aliphatic heterocycles. The summed E-state index contributed by atoms with van der Waals surface area (Å²) in [5, 5.41) is 2.75. The molecule has 3 amide bonds. The van der Waals surface area contributed by atoms with Crippen molar-refractivity contribution in [3.63, 3.8) is 0 Å². The lowest BCUT2D eigenvalue weighted by Gasteiger charge is -2.21. The molecule has 0 bridgehead atoms. The van der Waals surface area contributed by atoms with Crippen LogP contribution in [0.1, 0.15) is 41.9 Å². The lowest BCUT2D eigenvalue weighted by atomic mass is 10.1. The van der Waals surface area contributed by atoms with E-state index in [0.29, 0.717) is 5.70 Å². The van der Waals surface area contributed by atoms with Crippen molar-refractivity contribution >= 4 is 23.7 Å². The second-order valence-corrected chi connectivity index (χ2v) is 8.72. The van der Waals surface area contributed by atoms with Gasteiger partial charge in [-0.25, -0.2) is 4.79 Å². The number of rotatable bonds is 7. The van der Waals surface area contributed by atoms with Crippen molar-refractivity contribution in [2.24, 2.45) is 0 Å². The van der Waals surface area contributed by atoms with E-state index in [9.17, 15) is 9.59 Å². The van der Waals surface area contributed by atoms with E-state index in [4.69, 9.17) is 0 Å². The minimum atomic E-state index is -0.390. The van der Waals surface area contributed by atoms with Crippen molar-refractivity contribution in [2.75, 3.05) is 18.0 Å². The molecule has 6 nitrogen and oxygen atoms in total. The van der Waals surface area contributed by atoms with Gasteiger partial charge in [0.25, 0.3) is 5.91 Å². The Morgan fingerprint density at radius 2 is 1.65 bits per heavy atom. The van der Waals surface area contributed by atoms with Crippen LogP contribution in [0.25, 0.3) is 11.8 Å². The van der Waals surface area contributed by atoms with Crippen LogP contribution in [0.3, 0.4) is 0 Å². The van der Waals surface area contributed by atoms with Crippen molar-refractivity contribution in [3.8, 4) is 5.69 Å². The van der Waals surface area contributed by atoms with Gasteiger partial charge < -0.3 is 14.8 Å². The number of anilines is 1. The molecular weight excluding hydrogens is 424 g/mol. The lowest BCUT2D eigenvalue weighted by molar-refractivity contribution is -0.123. The van der Waals surface area contributed by atoms with Crippen LogP contribution < -0.4 is 10.2 Å². The van der Waals surface area contributed by atoms with Crippen LogP contribution in [0.5, 0.6) is 0 Å². The topological polar surface area (TPSA) is 57.6 Å². The normalized spacial score (nSPS) is 14.7. The van der Waals surface area contributed by atoms with E-state index in [-0.39, 0.29) is 12.5 Å². The minimum Gasteiger partial charge on any atom is -0.372 e. The number of urea groups is 1. The largest absolute Gasteiger partial charge is 0.372 e. The fourth-order valence-corrected chi connectivity index (χ4v) is 4.60. The summed E-state index contributed by atoms with van der Waals surface area (Å²) in [6.07, 6.45) is 1.78. The standard InChI is InChI=1S/C28H32N4O2/c1-6-30(7-2)24-11-13-25(14-12-24)32-20(4)16-23(21(32)5)17-26-27(33)31(28(34)29-26)18-22-10-8-9-19(3)15-22/h8-17H,6-7,18H2,1-5H3,(H,29,34)/b26-17+. The summed E-state index contributed by atoms with van der Waals surface area (Å²) in [7, 11) is 0. The van der Waals surface area contributed by atoms with Gasteiger partial charge in [-0.1, -0.05) is 29.8 Å². The van der Waals surface area contributed by atoms with E-state index in [2.05, 4.69) is 52.9 Å². The molecule has 0 aliphatic carbocycles. The van der Waals surface area contributed by atoms with Crippen molar-refractivity contribution < 1.29 is 9.59 Å². The Labute approximate surface area is 201 Å². The van der Waals surface area contributed by atoms with Crippen LogP contribution in [-0.2, 0) is 11.3 Å². The van der Waals surface area contributed by atoms with Crippen molar-refractivity contribution in [2.45, 2.75) is 41.2 Å². The third kappa shape index (κ3) is 4.49. The van der Waals surface area contributed by atoms with E-state index in [0.717, 1.165) is 46.9 Å². The van der Waals surface area contributed by atoms with Gasteiger partial charge >= 0.3 is 6.03 Å². The maximum Gasteiger partial charge on any atom is 0.329 e. The fourth-order valence-electron chi connectivity index (χ4n) is 4.60. The van der Waals surface area contributed by atoms with Crippen LogP contribution in [-0.4, -0.2) is 34.5 Å². The molecule has 6 heteroatoms. The molecule has 0 radical (unpaired) electrons. The van der Waals surface area contributed by atoms with E-state index < -0.39 is 6.03 Å². The smallest absolute Gasteiger partial charge is 0.329 e. The van der Waals surface area contributed by atoms with Gasteiger partial charge in [-0.05, 0) is 82.2 Å². The van der Waals surface area contributed by atoms with Gasteiger partial charge in [0.15, 0.2) is 0 Å². The fraction of sp³-hybridized carbons (Fsp3) is 0.286. The zero-order valence-corrected chi connectivity index (χ0v) is 20.6. The van der Waals surface area contributed by atoms with Gasteiger partial charge in [0.05, 0.1) is 6.54 Å². The molecule has 0 unspecified atom stereocenters. The first-order chi connectivity index (χ1) is 16.3. The third-order valence-electron chi connectivity index (χ3n) is 6.39. The number of nitrogens with one attached hydrogen (secondary N) is 1. The number of hydrogen-bond acceptors (Lipinski definition) is 3. The predicted octanol–water partition coefficient (Wildman–Crippen LogP) is 5.34. The highest BCUT2D eigenvalue weighted by Gasteiger charge is 2.33. The zero-order valence-electron chi connectivity index (χ0n) is 20.6. The molecular formula is C28H32N4O2. The van der Waals surface area contributed by atoms with E-state index in [1.807, 2.05) is 51.1 Å². The molecule has 176 valence electrons. The first-order valence-corrected chi connectivity index (χ1v) is 11.8. The van der Waals surface area contributed by atoms with Gasteiger partial charge in [-0.2, -0.15) is 0 Å². The lowest BCUT2D eigenvalue weighted by Crippen LogP contribution is -2.30. The Kier molecular flexibility index (Phi) is 6.59. The van der Waals surface area contributed by atoms with Gasteiger partial charge in [-0.3, -0.25) is 9.69 Å². The summed E-state index contributed by atoms with van der Waals surface area (Å²) in [6.45, 7) is 12.6. The van der Waals surface area contributed by atoms with E-state index in [1.54, 1.807) is 6.08 Å². The second-order valence-electron chi connectivity index (χ2n) is 8.72. The summed E-state index contributed by atoms with van der Waals surface area (Å²) < 4.78 is 2.17. The summed E-state index contributed by atoms with van der Waals surface area (Å²) in [5.74, 6) is -0.306. The average molecular weight is 457 g/mol. The highest BCUT2D eigenvalue weighted by Crippen LogP contribution is 2.26. The molecule has 4 rings (SSSR count). The molecule has 1 fully saturated rings. The van der Waals surface area contributed by atoms with E-state index in [1.165, 1.54) is 10.6 Å². The molecule has 2 heterocycles. The molecule has 1 N–H and O–H groups in total. The molecule has 2 aromatic carbocycles. The van der Waals surface area contributed by atoms with Crippen LogP contribution >= 0.6 is 0 Å². The molecule has 0 saturated carbocycles. The quantitative estimate of drug-likeness (QED) is 0.386. The van der Waals surface area contributed by atoms with Crippen molar-refractivity contribution in [1.29, 1.82) is 0 Å². The first kappa shape index (κ1) is 23.4. The highest BCUT2D eigenvalue weighted by molar-refractivity contribution is 6.14. The Bertz CT molecular complexity index is 1250. The number of amides is 3. The molecule has 1 aromatic heterocycles. The molecule has 0 atom stereocenters. The van der Waals surface area contributed by atoms with Crippen LogP contribution in [0.4, 0.5) is 10.5 Å². The maximum absolute atomic E-state index is 13.0. The third-order valence-corrected chi connectivity index (χ3v) is 6.39. The summed E-state index contributed by atoms with van der Waals surface area (Å²) in [5.41, 5.74) is 7.58. The Balaban J connectivity index is 1.59. The number of hydrogen-bond donors (Lipinski definition) is 1. The monoisotopic (exact) mass is 456 g/mol. The molecule has 3 aromatic rings. The van der Waals surface area contributed by atoms with Gasteiger partial charge in [0, 0.05) is 35.9 Å². The van der Waals surface area contributed by atoms with E-state index >= 15 is 0 Å². The number of nitrogens with zero attached hydrogens (tertiary/aromatic N) is 3. The number of imide groups is 1. The van der Waals surface area contributed by atoms with Crippen molar-refractivity contribution in [1.82, 2.24) is 14.8 Å². The number of aromatic nitrogens is 1. The molecule has 34 heavy (non-hydrogen) atoms. The predicted molar refractivity (Wildman–Crippen MR) is 137 cm³/mol. The number of aryl methyl sites for hydroxylation is 2. The Morgan fingerprint density at radius 3 is 2.29 bits per heavy atom. The van der Waals surface area contributed by atoms with Crippen LogP contribution in [0.2, 0.25) is 0 Å². The Hall–Kier alpha value is -3.80. The highest BCUT2D eigenvalue weighted by atomic mass is 16.2. The SMILES string of the molecule is CCN(CC)c1ccc(-n2c(C)cc(/C=C3/NC(=O)N(Cc4cccc(C)c4)C3=O)c2C)cc1. The summed E-state index contributed by atoms with van der Waals surface area (Å²) >= 11 is 0. The van der Waals surface area contributed by atoms with Gasteiger partial charge in [0.1, 0.15) is 5.70 Å². The number of benzene rings is 2. The summed E-state index contributed by atoms with van der Waals surface area (Å²) in [6, 6.07) is 18.0. The molecule has 0 spiro atoms. The maximum atomic E-state index is 13.0.